The SMILES string of the molecule is Cc1cc([N+](=O)[O-])cnc1[NH]. The molecule has 0 unspecified atom stereocenters. The Labute approximate surface area is 63.0 Å². The number of nitro groups is 1. The smallest absolute Gasteiger partial charge is 0.283 e. The lowest BCUT2D eigenvalue weighted by Crippen LogP contribution is -1.91. The Hall–Kier alpha value is -1.65. The number of hydrogen-bond acceptors (Lipinski definition) is 3. The maximum atomic E-state index is 10.2. The second kappa shape index (κ2) is 2.53. The van der Waals surface area contributed by atoms with Crippen LogP contribution >= 0.6 is 0 Å². The highest BCUT2D eigenvalue weighted by molar-refractivity contribution is 5.41. The summed E-state index contributed by atoms with van der Waals surface area (Å²) in [6, 6.07) is 1.33. The first-order valence-corrected chi connectivity index (χ1v) is 2.94. The highest BCUT2D eigenvalue weighted by Gasteiger charge is 2.06. The fraction of sp³-hybridized carbons (Fsp3) is 0.167. The fourth-order valence-corrected chi connectivity index (χ4v) is 0.660. The molecule has 5 nitrogen and oxygen atoms in total. The molecule has 0 aromatic carbocycles. The molecule has 1 radical (unpaired) electrons. The van der Waals surface area contributed by atoms with Crippen LogP contribution in [0.25, 0.3) is 0 Å². The average molecular weight is 152 g/mol. The van der Waals surface area contributed by atoms with Crippen molar-refractivity contribution in [2.45, 2.75) is 6.92 Å². The molecule has 0 saturated heterocycles. The molecule has 0 aliphatic carbocycles. The number of aryl methyl sites for hydroxylation is 1. The van der Waals surface area contributed by atoms with Crippen molar-refractivity contribution < 1.29 is 4.92 Å². The van der Waals surface area contributed by atoms with Crippen LogP contribution in [0.3, 0.4) is 0 Å². The van der Waals surface area contributed by atoms with E-state index in [1.165, 1.54) is 6.07 Å². The van der Waals surface area contributed by atoms with Crippen molar-refractivity contribution in [1.82, 2.24) is 10.7 Å². The molecule has 1 aromatic rings. The summed E-state index contributed by atoms with van der Waals surface area (Å²) in [5.41, 5.74) is 7.57. The topological polar surface area (TPSA) is 79.8 Å². The van der Waals surface area contributed by atoms with Crippen LogP contribution < -0.4 is 5.73 Å². The van der Waals surface area contributed by atoms with Gasteiger partial charge in [-0.1, -0.05) is 0 Å². The first-order chi connectivity index (χ1) is 5.11. The molecule has 1 heterocycles. The van der Waals surface area contributed by atoms with Gasteiger partial charge in [0, 0.05) is 6.07 Å². The Morgan fingerprint density at radius 1 is 1.73 bits per heavy atom. The van der Waals surface area contributed by atoms with E-state index in [0.29, 0.717) is 5.56 Å². The highest BCUT2D eigenvalue weighted by atomic mass is 16.6. The molecular weight excluding hydrogens is 146 g/mol. The monoisotopic (exact) mass is 152 g/mol. The number of nitrogens with one attached hydrogen (secondary N) is 1. The van der Waals surface area contributed by atoms with Gasteiger partial charge in [0.25, 0.3) is 5.69 Å². The second-order valence-electron chi connectivity index (χ2n) is 2.12. The number of rotatable bonds is 1. The van der Waals surface area contributed by atoms with Crippen LogP contribution in [0.1, 0.15) is 5.56 Å². The van der Waals surface area contributed by atoms with E-state index in [0.717, 1.165) is 6.20 Å². The summed E-state index contributed by atoms with van der Waals surface area (Å²) >= 11 is 0. The van der Waals surface area contributed by atoms with E-state index in [1.54, 1.807) is 6.92 Å². The lowest BCUT2D eigenvalue weighted by Gasteiger charge is -1.94. The van der Waals surface area contributed by atoms with Gasteiger partial charge in [0.05, 0.1) is 4.92 Å². The minimum atomic E-state index is -0.528. The van der Waals surface area contributed by atoms with Gasteiger partial charge in [-0.05, 0) is 12.5 Å². The molecule has 0 aliphatic heterocycles. The summed E-state index contributed by atoms with van der Waals surface area (Å²) in [5.74, 6) is 0.0793. The van der Waals surface area contributed by atoms with Crippen molar-refractivity contribution in [1.29, 1.82) is 0 Å². The summed E-state index contributed by atoms with van der Waals surface area (Å²) in [7, 11) is 0. The van der Waals surface area contributed by atoms with E-state index in [-0.39, 0.29) is 11.5 Å². The summed E-state index contributed by atoms with van der Waals surface area (Å²) in [4.78, 5) is 13.2. The predicted molar refractivity (Wildman–Crippen MR) is 38.4 cm³/mol. The largest absolute Gasteiger partial charge is 0.287 e. The van der Waals surface area contributed by atoms with Crippen LogP contribution in [0, 0.1) is 17.0 Å². The Bertz CT molecular complexity index is 298. The van der Waals surface area contributed by atoms with Crippen molar-refractivity contribution in [2.24, 2.45) is 0 Å². The van der Waals surface area contributed by atoms with Crippen LogP contribution in [0.2, 0.25) is 0 Å². The van der Waals surface area contributed by atoms with Gasteiger partial charge in [-0.15, -0.1) is 0 Å². The lowest BCUT2D eigenvalue weighted by molar-refractivity contribution is -0.385. The molecule has 1 N–H and O–H groups in total. The van der Waals surface area contributed by atoms with E-state index in [1.807, 2.05) is 0 Å². The lowest BCUT2D eigenvalue weighted by atomic mass is 10.3. The zero-order chi connectivity index (χ0) is 8.43. The zero-order valence-corrected chi connectivity index (χ0v) is 5.87. The number of hydrogen-bond donors (Lipinski definition) is 0. The second-order valence-corrected chi connectivity index (χ2v) is 2.12. The first-order valence-electron chi connectivity index (χ1n) is 2.94. The third-order valence-corrected chi connectivity index (χ3v) is 1.27. The van der Waals surface area contributed by atoms with Crippen molar-refractivity contribution in [3.8, 4) is 0 Å². The minimum absolute atomic E-state index is 0.0708. The van der Waals surface area contributed by atoms with Crippen molar-refractivity contribution >= 4 is 11.5 Å². The number of pyridine rings is 1. The normalized spacial score (nSPS) is 9.55. The van der Waals surface area contributed by atoms with Gasteiger partial charge in [0.2, 0.25) is 0 Å². The van der Waals surface area contributed by atoms with Crippen LogP contribution in [0.4, 0.5) is 11.5 Å². The molecule has 0 spiro atoms. The predicted octanol–water partition coefficient (Wildman–Crippen LogP) is 1.21. The molecule has 57 valence electrons. The van der Waals surface area contributed by atoms with Gasteiger partial charge >= 0.3 is 0 Å². The molecule has 0 saturated carbocycles. The van der Waals surface area contributed by atoms with Crippen molar-refractivity contribution in [3.05, 3.63) is 27.9 Å². The molecule has 1 rings (SSSR count). The summed E-state index contributed by atoms with van der Waals surface area (Å²) in [6.45, 7) is 1.61. The van der Waals surface area contributed by atoms with Gasteiger partial charge in [-0.2, -0.15) is 0 Å². The molecule has 0 aliphatic rings. The quantitative estimate of drug-likeness (QED) is 0.448. The van der Waals surface area contributed by atoms with Crippen molar-refractivity contribution in [2.75, 3.05) is 0 Å². The van der Waals surface area contributed by atoms with E-state index in [4.69, 9.17) is 5.73 Å². The fourth-order valence-electron chi connectivity index (χ4n) is 0.660. The number of nitrogens with zero attached hydrogens (tertiary/aromatic N) is 2. The third kappa shape index (κ3) is 1.43. The summed E-state index contributed by atoms with van der Waals surface area (Å²) < 4.78 is 0. The van der Waals surface area contributed by atoms with Crippen LogP contribution in [-0.4, -0.2) is 9.91 Å². The molecule has 1 aromatic heterocycles. The minimum Gasteiger partial charge on any atom is -0.283 e. The molecule has 5 heteroatoms. The third-order valence-electron chi connectivity index (χ3n) is 1.27. The molecule has 11 heavy (non-hydrogen) atoms. The Kier molecular flexibility index (Phi) is 1.72. The Morgan fingerprint density at radius 3 is 2.82 bits per heavy atom. The number of aromatic nitrogens is 1. The standard InChI is InChI=1S/C6H6N3O2/c1-4-2-5(9(10)11)3-8-6(4)7/h2-3,7H,1H3. The Balaban J connectivity index is 3.15. The van der Waals surface area contributed by atoms with E-state index < -0.39 is 4.92 Å². The van der Waals surface area contributed by atoms with Gasteiger partial charge < -0.3 is 0 Å². The summed E-state index contributed by atoms with van der Waals surface area (Å²) in [5, 5.41) is 10.2. The maximum absolute atomic E-state index is 10.2. The molecular formula is C6H6N3O2. The van der Waals surface area contributed by atoms with E-state index in [9.17, 15) is 10.1 Å². The van der Waals surface area contributed by atoms with Gasteiger partial charge in [-0.25, -0.2) is 4.98 Å². The van der Waals surface area contributed by atoms with E-state index >= 15 is 0 Å². The maximum Gasteiger partial charge on any atom is 0.287 e. The highest BCUT2D eigenvalue weighted by Crippen LogP contribution is 2.15. The van der Waals surface area contributed by atoms with Gasteiger partial charge in [-0.3, -0.25) is 15.8 Å². The van der Waals surface area contributed by atoms with Crippen LogP contribution in [0.15, 0.2) is 12.3 Å². The molecule has 0 atom stereocenters. The Morgan fingerprint density at radius 2 is 2.36 bits per heavy atom. The van der Waals surface area contributed by atoms with Crippen molar-refractivity contribution in [3.63, 3.8) is 0 Å². The zero-order valence-electron chi connectivity index (χ0n) is 5.87. The molecule has 0 amide bonds. The van der Waals surface area contributed by atoms with Gasteiger partial charge in [0.15, 0.2) is 0 Å². The van der Waals surface area contributed by atoms with E-state index in [2.05, 4.69) is 4.98 Å². The molecule has 0 fully saturated rings. The van der Waals surface area contributed by atoms with Crippen LogP contribution in [0.5, 0.6) is 0 Å². The van der Waals surface area contributed by atoms with Crippen LogP contribution in [-0.2, 0) is 0 Å². The molecule has 0 bridgehead atoms. The summed E-state index contributed by atoms with van der Waals surface area (Å²) in [6.07, 6.45) is 1.08. The first kappa shape index (κ1) is 7.46. The van der Waals surface area contributed by atoms with Gasteiger partial charge in [0.1, 0.15) is 12.0 Å². The average Bonchev–Trinajstić information content (AvgIpc) is 1.94.